The number of aliphatic hydroxyl groups excluding tert-OH is 1. The number of hydrogen-bond donors (Lipinski definition) is 1. The van der Waals surface area contributed by atoms with Crippen LogP contribution in [0, 0.1) is 0 Å². The van der Waals surface area contributed by atoms with E-state index in [0.717, 1.165) is 24.5 Å². The zero-order valence-corrected chi connectivity index (χ0v) is 11.5. The van der Waals surface area contributed by atoms with E-state index >= 15 is 0 Å². The first kappa shape index (κ1) is 12.9. The molecule has 1 saturated carbocycles. The topological polar surface area (TPSA) is 49.2 Å². The van der Waals surface area contributed by atoms with E-state index in [2.05, 4.69) is 27.2 Å². The maximum Gasteiger partial charge on any atom is 0.151 e. The van der Waals surface area contributed by atoms with Gasteiger partial charge in [-0.05, 0) is 44.2 Å². The molecule has 104 valence electrons. The maximum absolute atomic E-state index is 9.46. The highest BCUT2D eigenvalue weighted by Crippen LogP contribution is 2.33. The minimum atomic E-state index is 0.214. The van der Waals surface area contributed by atoms with Gasteiger partial charge in [0.1, 0.15) is 0 Å². The van der Waals surface area contributed by atoms with Gasteiger partial charge in [-0.2, -0.15) is 5.10 Å². The van der Waals surface area contributed by atoms with Gasteiger partial charge in [0, 0.05) is 12.5 Å². The molecule has 0 bridgehead atoms. The molecule has 4 heteroatoms. The van der Waals surface area contributed by atoms with Crippen LogP contribution in [0.5, 0.6) is 0 Å². The Morgan fingerprint density at radius 1 is 1.05 bits per heavy atom. The fourth-order valence-corrected chi connectivity index (χ4v) is 3.42. The molecule has 1 aliphatic heterocycles. The van der Waals surface area contributed by atoms with Crippen molar-refractivity contribution in [3.63, 3.8) is 0 Å². The van der Waals surface area contributed by atoms with Gasteiger partial charge >= 0.3 is 0 Å². The monoisotopic (exact) mass is 261 g/mol. The third-order valence-corrected chi connectivity index (χ3v) is 4.58. The third-order valence-electron chi connectivity index (χ3n) is 4.58. The highest BCUT2D eigenvalue weighted by molar-refractivity contribution is 5.39. The quantitative estimate of drug-likeness (QED) is 0.908. The van der Waals surface area contributed by atoms with Crippen LogP contribution in [0.15, 0.2) is 12.1 Å². The lowest BCUT2D eigenvalue weighted by Crippen LogP contribution is -2.42. The zero-order valence-electron chi connectivity index (χ0n) is 11.5. The molecule has 2 heterocycles. The first-order valence-electron chi connectivity index (χ1n) is 7.59. The van der Waals surface area contributed by atoms with Crippen LogP contribution in [0.3, 0.4) is 0 Å². The summed E-state index contributed by atoms with van der Waals surface area (Å²) >= 11 is 0. The summed E-state index contributed by atoms with van der Waals surface area (Å²) in [5.41, 5.74) is 1.15. The molecule has 1 unspecified atom stereocenters. The van der Waals surface area contributed by atoms with E-state index in [1.165, 1.54) is 38.5 Å². The Morgan fingerprint density at radius 3 is 2.53 bits per heavy atom. The van der Waals surface area contributed by atoms with Gasteiger partial charge in [0.15, 0.2) is 5.82 Å². The van der Waals surface area contributed by atoms with Crippen LogP contribution in [-0.2, 0) is 0 Å². The van der Waals surface area contributed by atoms with Crippen molar-refractivity contribution in [3.05, 3.63) is 17.8 Å². The summed E-state index contributed by atoms with van der Waals surface area (Å²) in [5.74, 6) is 1.55. The van der Waals surface area contributed by atoms with Gasteiger partial charge in [0.2, 0.25) is 0 Å². The smallest absolute Gasteiger partial charge is 0.151 e. The van der Waals surface area contributed by atoms with Crippen molar-refractivity contribution < 1.29 is 5.11 Å². The number of aliphatic hydroxyl groups is 1. The van der Waals surface area contributed by atoms with Crippen molar-refractivity contribution in [2.75, 3.05) is 18.1 Å². The largest absolute Gasteiger partial charge is 0.394 e. The van der Waals surface area contributed by atoms with Crippen LogP contribution < -0.4 is 4.90 Å². The molecule has 1 aliphatic carbocycles. The SMILES string of the molecule is OCC1CCCCN1c1ccc(C2CCCC2)nn1. The molecule has 0 aromatic carbocycles. The van der Waals surface area contributed by atoms with Gasteiger partial charge < -0.3 is 10.0 Å². The molecule has 0 amide bonds. The molecule has 2 fully saturated rings. The summed E-state index contributed by atoms with van der Waals surface area (Å²) in [4.78, 5) is 2.22. The second-order valence-electron chi connectivity index (χ2n) is 5.82. The van der Waals surface area contributed by atoms with Gasteiger partial charge in [-0.3, -0.25) is 0 Å². The van der Waals surface area contributed by atoms with Crippen LogP contribution in [-0.4, -0.2) is 34.5 Å². The summed E-state index contributed by atoms with van der Waals surface area (Å²) in [5, 5.41) is 18.3. The number of hydrogen-bond acceptors (Lipinski definition) is 4. The van der Waals surface area contributed by atoms with Crippen LogP contribution in [0.2, 0.25) is 0 Å². The van der Waals surface area contributed by atoms with E-state index in [1.54, 1.807) is 0 Å². The molecule has 1 saturated heterocycles. The molecule has 4 nitrogen and oxygen atoms in total. The van der Waals surface area contributed by atoms with E-state index in [4.69, 9.17) is 0 Å². The second-order valence-corrected chi connectivity index (χ2v) is 5.82. The summed E-state index contributed by atoms with van der Waals surface area (Å²) in [6.07, 6.45) is 8.62. The third kappa shape index (κ3) is 2.73. The highest BCUT2D eigenvalue weighted by Gasteiger charge is 2.24. The Balaban J connectivity index is 1.73. The summed E-state index contributed by atoms with van der Waals surface area (Å²) < 4.78 is 0. The molecule has 3 rings (SSSR count). The Bertz CT molecular complexity index is 400. The molecular formula is C15H23N3O. The Labute approximate surface area is 114 Å². The standard InChI is InChI=1S/C15H23N3O/c19-11-13-7-3-4-10-18(13)15-9-8-14(16-17-15)12-5-1-2-6-12/h8-9,12-13,19H,1-7,10-11H2. The first-order valence-corrected chi connectivity index (χ1v) is 7.59. The average molecular weight is 261 g/mol. The zero-order chi connectivity index (χ0) is 13.1. The van der Waals surface area contributed by atoms with Crippen LogP contribution in [0.4, 0.5) is 5.82 Å². The molecule has 0 spiro atoms. The average Bonchev–Trinajstić information content (AvgIpc) is 3.02. The molecular weight excluding hydrogens is 238 g/mol. The summed E-state index contributed by atoms with van der Waals surface area (Å²) in [6, 6.07) is 4.45. The molecule has 1 N–H and O–H groups in total. The van der Waals surface area contributed by atoms with Crippen molar-refractivity contribution in [2.24, 2.45) is 0 Å². The van der Waals surface area contributed by atoms with E-state index in [9.17, 15) is 5.11 Å². The van der Waals surface area contributed by atoms with Gasteiger partial charge in [-0.1, -0.05) is 12.8 Å². The molecule has 1 atom stereocenters. The lowest BCUT2D eigenvalue weighted by atomic mass is 10.0. The van der Waals surface area contributed by atoms with E-state index in [0.29, 0.717) is 5.92 Å². The predicted molar refractivity (Wildman–Crippen MR) is 75.3 cm³/mol. The Morgan fingerprint density at radius 2 is 1.84 bits per heavy atom. The van der Waals surface area contributed by atoms with E-state index < -0.39 is 0 Å². The number of aromatic nitrogens is 2. The van der Waals surface area contributed by atoms with Crippen molar-refractivity contribution in [2.45, 2.75) is 56.9 Å². The minimum Gasteiger partial charge on any atom is -0.394 e. The fourth-order valence-electron chi connectivity index (χ4n) is 3.42. The van der Waals surface area contributed by atoms with Gasteiger partial charge in [-0.25, -0.2) is 0 Å². The van der Waals surface area contributed by atoms with Crippen molar-refractivity contribution in [1.82, 2.24) is 10.2 Å². The lowest BCUT2D eigenvalue weighted by molar-refractivity contribution is 0.239. The lowest BCUT2D eigenvalue weighted by Gasteiger charge is -2.35. The molecule has 2 aliphatic rings. The number of anilines is 1. The van der Waals surface area contributed by atoms with Crippen LogP contribution >= 0.6 is 0 Å². The molecule has 1 aromatic heterocycles. The number of nitrogens with zero attached hydrogens (tertiary/aromatic N) is 3. The normalized spacial score (nSPS) is 24.9. The van der Waals surface area contributed by atoms with Crippen LogP contribution in [0.25, 0.3) is 0 Å². The Kier molecular flexibility index (Phi) is 3.97. The highest BCUT2D eigenvalue weighted by atomic mass is 16.3. The minimum absolute atomic E-state index is 0.214. The van der Waals surface area contributed by atoms with E-state index in [1.807, 2.05) is 0 Å². The first-order chi connectivity index (χ1) is 9.38. The van der Waals surface area contributed by atoms with Crippen LogP contribution in [0.1, 0.15) is 56.6 Å². The fraction of sp³-hybridized carbons (Fsp3) is 0.733. The number of rotatable bonds is 3. The number of piperidine rings is 1. The van der Waals surface area contributed by atoms with Gasteiger partial charge in [-0.15, -0.1) is 5.10 Å². The molecule has 1 aromatic rings. The van der Waals surface area contributed by atoms with Gasteiger partial charge in [0.05, 0.1) is 18.3 Å². The van der Waals surface area contributed by atoms with Gasteiger partial charge in [0.25, 0.3) is 0 Å². The second kappa shape index (κ2) is 5.87. The van der Waals surface area contributed by atoms with Crippen molar-refractivity contribution >= 4 is 5.82 Å². The summed E-state index contributed by atoms with van der Waals surface area (Å²) in [7, 11) is 0. The summed E-state index contributed by atoms with van der Waals surface area (Å²) in [6.45, 7) is 1.20. The maximum atomic E-state index is 9.46. The molecule has 19 heavy (non-hydrogen) atoms. The predicted octanol–water partition coefficient (Wildman–Crippen LogP) is 2.49. The Hall–Kier alpha value is -1.16. The molecule has 0 radical (unpaired) electrons. The van der Waals surface area contributed by atoms with E-state index in [-0.39, 0.29) is 12.6 Å². The van der Waals surface area contributed by atoms with Crippen molar-refractivity contribution in [1.29, 1.82) is 0 Å². The van der Waals surface area contributed by atoms with Crippen molar-refractivity contribution in [3.8, 4) is 0 Å².